The number of aryl methyl sites for hydroxylation is 1. The molecule has 3 N–H and O–H groups in total. The molecule has 0 saturated carbocycles. The van der Waals surface area contributed by atoms with Crippen LogP contribution in [0.4, 0.5) is 14.9 Å². The Morgan fingerprint density at radius 3 is 2.63 bits per heavy atom. The standard InChI is InChI=1S/C13H19FN2O3/c1-10-3-4-12(11(14)9-10)15-13(19)16(6-8-18)5-2-7-17/h3-4,9,17-18H,2,5-8H2,1H3,(H,15,19). The van der Waals surface area contributed by atoms with E-state index in [1.54, 1.807) is 13.0 Å². The van der Waals surface area contributed by atoms with Gasteiger partial charge >= 0.3 is 6.03 Å². The van der Waals surface area contributed by atoms with E-state index >= 15 is 0 Å². The topological polar surface area (TPSA) is 72.8 Å². The lowest BCUT2D eigenvalue weighted by Crippen LogP contribution is -2.38. The van der Waals surface area contributed by atoms with Gasteiger partial charge in [-0.1, -0.05) is 6.07 Å². The van der Waals surface area contributed by atoms with Crippen LogP contribution in [0.1, 0.15) is 12.0 Å². The number of benzene rings is 1. The molecule has 1 aromatic rings. The fourth-order valence-corrected chi connectivity index (χ4v) is 1.61. The molecule has 0 spiro atoms. The minimum Gasteiger partial charge on any atom is -0.396 e. The molecule has 5 nitrogen and oxygen atoms in total. The molecule has 0 radical (unpaired) electrons. The van der Waals surface area contributed by atoms with Crippen LogP contribution >= 0.6 is 0 Å². The van der Waals surface area contributed by atoms with Crippen LogP contribution in [-0.2, 0) is 0 Å². The Morgan fingerprint density at radius 2 is 2.05 bits per heavy atom. The summed E-state index contributed by atoms with van der Waals surface area (Å²) < 4.78 is 13.6. The zero-order valence-electron chi connectivity index (χ0n) is 10.9. The van der Waals surface area contributed by atoms with Crippen molar-refractivity contribution in [2.24, 2.45) is 0 Å². The Morgan fingerprint density at radius 1 is 1.32 bits per heavy atom. The lowest BCUT2D eigenvalue weighted by Gasteiger charge is -2.22. The first-order valence-electron chi connectivity index (χ1n) is 6.12. The lowest BCUT2D eigenvalue weighted by molar-refractivity contribution is 0.180. The summed E-state index contributed by atoms with van der Waals surface area (Å²) in [4.78, 5) is 13.2. The maximum Gasteiger partial charge on any atom is 0.322 e. The molecule has 0 aromatic heterocycles. The first kappa shape index (κ1) is 15.4. The Kier molecular flexibility index (Phi) is 6.24. The number of hydrogen-bond acceptors (Lipinski definition) is 3. The number of nitrogens with one attached hydrogen (secondary N) is 1. The van der Waals surface area contributed by atoms with E-state index in [0.29, 0.717) is 13.0 Å². The molecule has 0 aliphatic heterocycles. The van der Waals surface area contributed by atoms with Gasteiger partial charge in [-0.3, -0.25) is 0 Å². The number of carbonyl (C=O) groups excluding carboxylic acids is 1. The minimum atomic E-state index is -0.501. The zero-order chi connectivity index (χ0) is 14.3. The number of hydrogen-bond donors (Lipinski definition) is 3. The van der Waals surface area contributed by atoms with Crippen LogP contribution in [-0.4, -0.2) is 47.4 Å². The molecule has 0 aliphatic carbocycles. The number of urea groups is 1. The molecular formula is C13H19FN2O3. The van der Waals surface area contributed by atoms with Crippen LogP contribution < -0.4 is 5.32 Å². The van der Waals surface area contributed by atoms with Crippen LogP contribution in [0.15, 0.2) is 18.2 Å². The van der Waals surface area contributed by atoms with Gasteiger partial charge < -0.3 is 20.4 Å². The highest BCUT2D eigenvalue weighted by Crippen LogP contribution is 2.15. The molecule has 0 aliphatic rings. The van der Waals surface area contributed by atoms with Crippen molar-refractivity contribution in [2.75, 3.05) is 31.6 Å². The fourth-order valence-electron chi connectivity index (χ4n) is 1.61. The number of halogens is 1. The van der Waals surface area contributed by atoms with Gasteiger partial charge in [-0.15, -0.1) is 0 Å². The second-order valence-electron chi connectivity index (χ2n) is 4.20. The molecule has 0 unspecified atom stereocenters. The normalized spacial score (nSPS) is 10.3. The molecule has 0 saturated heterocycles. The summed E-state index contributed by atoms with van der Waals surface area (Å²) in [7, 11) is 0. The van der Waals surface area contributed by atoms with Crippen molar-refractivity contribution in [1.29, 1.82) is 0 Å². The van der Waals surface area contributed by atoms with Crippen molar-refractivity contribution in [2.45, 2.75) is 13.3 Å². The van der Waals surface area contributed by atoms with Gasteiger partial charge in [0.15, 0.2) is 0 Å². The molecule has 0 bridgehead atoms. The van der Waals surface area contributed by atoms with Gasteiger partial charge in [0, 0.05) is 19.7 Å². The second kappa shape index (κ2) is 7.70. The first-order chi connectivity index (χ1) is 9.08. The number of aliphatic hydroxyl groups is 2. The summed E-state index contributed by atoms with van der Waals surface area (Å²) in [6.07, 6.45) is 0.407. The maximum atomic E-state index is 13.6. The third-order valence-corrected chi connectivity index (χ3v) is 2.61. The highest BCUT2D eigenvalue weighted by atomic mass is 19.1. The van der Waals surface area contributed by atoms with Crippen LogP contribution in [0, 0.1) is 12.7 Å². The average Bonchev–Trinajstić information content (AvgIpc) is 2.37. The molecule has 0 atom stereocenters. The van der Waals surface area contributed by atoms with Crippen LogP contribution in [0.2, 0.25) is 0 Å². The van der Waals surface area contributed by atoms with E-state index in [0.717, 1.165) is 5.56 Å². The van der Waals surface area contributed by atoms with Crippen molar-refractivity contribution in [3.63, 3.8) is 0 Å². The zero-order valence-corrected chi connectivity index (χ0v) is 10.9. The van der Waals surface area contributed by atoms with Gasteiger partial charge in [0.2, 0.25) is 0 Å². The summed E-state index contributed by atoms with van der Waals surface area (Å²) in [5.41, 5.74) is 0.866. The van der Waals surface area contributed by atoms with Crippen molar-refractivity contribution in [1.82, 2.24) is 4.90 Å². The summed E-state index contributed by atoms with van der Waals surface area (Å²) in [5.74, 6) is -0.501. The van der Waals surface area contributed by atoms with E-state index < -0.39 is 11.8 Å². The SMILES string of the molecule is Cc1ccc(NC(=O)N(CCO)CCCO)c(F)c1. The number of carbonyl (C=O) groups is 1. The van der Waals surface area contributed by atoms with Gasteiger partial charge in [-0.2, -0.15) is 0 Å². The minimum absolute atomic E-state index is 0.0475. The Bertz CT molecular complexity index is 426. The van der Waals surface area contributed by atoms with E-state index in [1.807, 2.05) is 0 Å². The second-order valence-corrected chi connectivity index (χ2v) is 4.20. The molecule has 106 valence electrons. The van der Waals surface area contributed by atoms with Crippen molar-refractivity contribution >= 4 is 11.7 Å². The summed E-state index contributed by atoms with van der Waals surface area (Å²) >= 11 is 0. The van der Waals surface area contributed by atoms with Crippen molar-refractivity contribution < 1.29 is 19.4 Å². The molecule has 6 heteroatoms. The molecule has 1 rings (SSSR count). The highest BCUT2D eigenvalue weighted by Gasteiger charge is 2.14. The number of nitrogens with zero attached hydrogens (tertiary/aromatic N) is 1. The molecular weight excluding hydrogens is 251 g/mol. The smallest absolute Gasteiger partial charge is 0.322 e. The molecule has 0 heterocycles. The quantitative estimate of drug-likeness (QED) is 0.730. The van der Waals surface area contributed by atoms with E-state index in [4.69, 9.17) is 10.2 Å². The van der Waals surface area contributed by atoms with Gasteiger partial charge in [0.05, 0.1) is 12.3 Å². The van der Waals surface area contributed by atoms with Crippen molar-refractivity contribution in [3.8, 4) is 0 Å². The van der Waals surface area contributed by atoms with Gasteiger partial charge in [0.25, 0.3) is 0 Å². The van der Waals surface area contributed by atoms with E-state index in [-0.39, 0.29) is 25.4 Å². The third kappa shape index (κ3) is 4.84. The largest absolute Gasteiger partial charge is 0.396 e. The Labute approximate surface area is 111 Å². The van der Waals surface area contributed by atoms with E-state index in [1.165, 1.54) is 17.0 Å². The Balaban J connectivity index is 2.69. The van der Waals surface area contributed by atoms with Crippen LogP contribution in [0.25, 0.3) is 0 Å². The van der Waals surface area contributed by atoms with Gasteiger partial charge in [-0.25, -0.2) is 9.18 Å². The number of rotatable bonds is 6. The van der Waals surface area contributed by atoms with Crippen LogP contribution in [0.3, 0.4) is 0 Å². The summed E-state index contributed by atoms with van der Waals surface area (Å²) in [6, 6.07) is 4.03. The molecule has 1 aromatic carbocycles. The maximum absolute atomic E-state index is 13.6. The Hall–Kier alpha value is -1.66. The number of amides is 2. The average molecular weight is 270 g/mol. The van der Waals surface area contributed by atoms with Crippen molar-refractivity contribution in [3.05, 3.63) is 29.6 Å². The highest BCUT2D eigenvalue weighted by molar-refractivity contribution is 5.89. The van der Waals surface area contributed by atoms with E-state index in [2.05, 4.69) is 5.32 Å². The molecule has 2 amide bonds. The fraction of sp³-hybridized carbons (Fsp3) is 0.462. The number of aliphatic hydroxyl groups excluding tert-OH is 2. The first-order valence-corrected chi connectivity index (χ1v) is 6.12. The summed E-state index contributed by atoms with van der Waals surface area (Å²) in [5, 5.41) is 20.1. The van der Waals surface area contributed by atoms with E-state index in [9.17, 15) is 9.18 Å². The molecule has 19 heavy (non-hydrogen) atoms. The third-order valence-electron chi connectivity index (χ3n) is 2.61. The summed E-state index contributed by atoms with van der Waals surface area (Å²) in [6.45, 7) is 1.97. The van der Waals surface area contributed by atoms with Crippen LogP contribution in [0.5, 0.6) is 0 Å². The monoisotopic (exact) mass is 270 g/mol. The number of anilines is 1. The van der Waals surface area contributed by atoms with Gasteiger partial charge in [0.1, 0.15) is 5.82 Å². The van der Waals surface area contributed by atoms with Gasteiger partial charge in [-0.05, 0) is 31.0 Å². The lowest BCUT2D eigenvalue weighted by atomic mass is 10.2. The predicted octanol–water partition coefficient (Wildman–Crippen LogP) is 1.34. The molecule has 0 fully saturated rings. The predicted molar refractivity (Wildman–Crippen MR) is 70.5 cm³/mol.